The van der Waals surface area contributed by atoms with Crippen LogP contribution in [0.15, 0.2) is 0 Å². The Kier molecular flexibility index (Phi) is 6.08. The van der Waals surface area contributed by atoms with Crippen LogP contribution in [0.5, 0.6) is 0 Å². The van der Waals surface area contributed by atoms with E-state index in [9.17, 15) is 9.90 Å². The highest BCUT2D eigenvalue weighted by Gasteiger charge is 2.21. The summed E-state index contributed by atoms with van der Waals surface area (Å²) in [5.41, 5.74) is -0.855. The number of hydrogen-bond donors (Lipinski definition) is 3. The molecule has 0 saturated carbocycles. The molecule has 0 aromatic heterocycles. The van der Waals surface area contributed by atoms with Crippen LogP contribution in [0.1, 0.15) is 19.8 Å². The zero-order chi connectivity index (χ0) is 12.7. The fourth-order valence-electron chi connectivity index (χ4n) is 1.71. The number of rotatable bonds is 5. The van der Waals surface area contributed by atoms with Crippen molar-refractivity contribution in [3.8, 4) is 0 Å². The maximum Gasteiger partial charge on any atom is 0.315 e. The molecule has 6 heteroatoms. The van der Waals surface area contributed by atoms with E-state index < -0.39 is 5.60 Å². The molecule has 1 aliphatic heterocycles. The molecule has 0 aromatic carbocycles. The van der Waals surface area contributed by atoms with Crippen molar-refractivity contribution in [1.29, 1.82) is 0 Å². The van der Waals surface area contributed by atoms with Crippen LogP contribution in [-0.2, 0) is 4.74 Å². The molecule has 1 fully saturated rings. The summed E-state index contributed by atoms with van der Waals surface area (Å²) in [4.78, 5) is 11.6. The van der Waals surface area contributed by atoms with Gasteiger partial charge in [0.1, 0.15) is 0 Å². The smallest absolute Gasteiger partial charge is 0.315 e. The van der Waals surface area contributed by atoms with Gasteiger partial charge in [0, 0.05) is 31.6 Å². The van der Waals surface area contributed by atoms with E-state index in [2.05, 4.69) is 10.6 Å². The van der Waals surface area contributed by atoms with Gasteiger partial charge < -0.3 is 20.5 Å². The third-order valence-electron chi connectivity index (χ3n) is 2.64. The van der Waals surface area contributed by atoms with Gasteiger partial charge in [-0.05, 0) is 26.0 Å². The van der Waals surface area contributed by atoms with E-state index in [0.717, 1.165) is 12.8 Å². The maximum atomic E-state index is 11.6. The Labute approximate surface area is 107 Å². The highest BCUT2D eigenvalue weighted by atomic mass is 32.2. The Morgan fingerprint density at radius 3 is 2.76 bits per heavy atom. The van der Waals surface area contributed by atoms with Gasteiger partial charge >= 0.3 is 6.03 Å². The van der Waals surface area contributed by atoms with E-state index in [1.165, 1.54) is 0 Å². The first-order chi connectivity index (χ1) is 8.03. The molecular formula is C11H22N2O3S. The van der Waals surface area contributed by atoms with Crippen molar-refractivity contribution >= 4 is 17.8 Å². The predicted molar refractivity (Wildman–Crippen MR) is 69.4 cm³/mol. The predicted octanol–water partition coefficient (Wildman–Crippen LogP) is 0.579. The summed E-state index contributed by atoms with van der Waals surface area (Å²) < 4.78 is 5.21. The Bertz CT molecular complexity index is 243. The highest BCUT2D eigenvalue weighted by Crippen LogP contribution is 2.09. The summed E-state index contributed by atoms with van der Waals surface area (Å²) in [5.74, 6) is 0.602. The Balaban J connectivity index is 2.20. The van der Waals surface area contributed by atoms with Crippen LogP contribution in [-0.4, -0.2) is 54.5 Å². The molecule has 1 saturated heterocycles. The molecule has 0 unspecified atom stereocenters. The fourth-order valence-corrected chi connectivity index (χ4v) is 2.43. The molecular weight excluding hydrogens is 240 g/mol. The molecule has 2 amide bonds. The first-order valence-electron chi connectivity index (χ1n) is 5.87. The third kappa shape index (κ3) is 6.14. The molecule has 0 aliphatic carbocycles. The van der Waals surface area contributed by atoms with Gasteiger partial charge in [-0.2, -0.15) is 11.8 Å². The van der Waals surface area contributed by atoms with Crippen molar-refractivity contribution in [2.24, 2.45) is 0 Å². The number of carbonyl (C=O) groups is 1. The SMILES string of the molecule is CSC[C@@](C)(O)CNC(=O)NC1CCOCC1. The number of urea groups is 1. The Morgan fingerprint density at radius 1 is 1.53 bits per heavy atom. The number of amides is 2. The number of hydrogen-bond acceptors (Lipinski definition) is 4. The Hall–Kier alpha value is -0.460. The lowest BCUT2D eigenvalue weighted by Crippen LogP contribution is -2.49. The molecule has 0 aromatic rings. The van der Waals surface area contributed by atoms with E-state index in [4.69, 9.17) is 4.74 Å². The number of thioether (sulfide) groups is 1. The van der Waals surface area contributed by atoms with Crippen LogP contribution in [0.4, 0.5) is 4.79 Å². The standard InChI is InChI=1S/C11H22N2O3S/c1-11(15,8-17-2)7-12-10(14)13-9-3-5-16-6-4-9/h9,15H,3-8H2,1-2H3,(H2,12,13,14)/t11-/m0/s1. The van der Waals surface area contributed by atoms with Gasteiger partial charge in [-0.3, -0.25) is 0 Å². The molecule has 5 nitrogen and oxygen atoms in total. The molecule has 100 valence electrons. The van der Waals surface area contributed by atoms with E-state index in [1.54, 1.807) is 18.7 Å². The molecule has 0 radical (unpaired) electrons. The van der Waals surface area contributed by atoms with Crippen LogP contribution in [0.25, 0.3) is 0 Å². The second-order valence-corrected chi connectivity index (χ2v) is 5.51. The summed E-state index contributed by atoms with van der Waals surface area (Å²) >= 11 is 1.56. The van der Waals surface area contributed by atoms with Gasteiger partial charge in [0.25, 0.3) is 0 Å². The fraction of sp³-hybridized carbons (Fsp3) is 0.909. The normalized spacial score (nSPS) is 20.6. The number of aliphatic hydroxyl groups is 1. The van der Waals surface area contributed by atoms with Gasteiger partial charge in [0.2, 0.25) is 0 Å². The first kappa shape index (κ1) is 14.6. The molecule has 0 spiro atoms. The molecule has 1 rings (SSSR count). The quantitative estimate of drug-likeness (QED) is 0.678. The lowest BCUT2D eigenvalue weighted by atomic mass is 10.1. The summed E-state index contributed by atoms with van der Waals surface area (Å²) in [6.07, 6.45) is 3.64. The van der Waals surface area contributed by atoms with Crippen LogP contribution in [0.3, 0.4) is 0 Å². The zero-order valence-electron chi connectivity index (χ0n) is 10.5. The second-order valence-electron chi connectivity index (χ2n) is 4.64. The van der Waals surface area contributed by atoms with Crippen molar-refractivity contribution in [3.63, 3.8) is 0 Å². The lowest BCUT2D eigenvalue weighted by molar-refractivity contribution is 0.0766. The van der Waals surface area contributed by atoms with Crippen molar-refractivity contribution in [2.45, 2.75) is 31.4 Å². The Morgan fingerprint density at radius 2 is 2.18 bits per heavy atom. The third-order valence-corrected chi connectivity index (χ3v) is 3.55. The minimum absolute atomic E-state index is 0.189. The van der Waals surface area contributed by atoms with Crippen LogP contribution < -0.4 is 10.6 Å². The summed E-state index contributed by atoms with van der Waals surface area (Å²) in [5, 5.41) is 15.5. The largest absolute Gasteiger partial charge is 0.387 e. The van der Waals surface area contributed by atoms with Gasteiger partial charge in [0.15, 0.2) is 0 Å². The number of ether oxygens (including phenoxy) is 1. The van der Waals surface area contributed by atoms with Crippen molar-refractivity contribution < 1.29 is 14.6 Å². The van der Waals surface area contributed by atoms with Crippen LogP contribution in [0.2, 0.25) is 0 Å². The number of carbonyl (C=O) groups excluding carboxylic acids is 1. The molecule has 1 heterocycles. The monoisotopic (exact) mass is 262 g/mol. The topological polar surface area (TPSA) is 70.6 Å². The van der Waals surface area contributed by atoms with E-state index in [-0.39, 0.29) is 18.6 Å². The zero-order valence-corrected chi connectivity index (χ0v) is 11.3. The summed E-state index contributed by atoms with van der Waals surface area (Å²) in [6, 6.07) is -0.0208. The summed E-state index contributed by atoms with van der Waals surface area (Å²) in [7, 11) is 0. The molecule has 1 aliphatic rings. The van der Waals surface area contributed by atoms with Gasteiger partial charge in [0.05, 0.1) is 5.60 Å². The minimum Gasteiger partial charge on any atom is -0.387 e. The first-order valence-corrected chi connectivity index (χ1v) is 7.26. The van der Waals surface area contributed by atoms with E-state index >= 15 is 0 Å². The summed E-state index contributed by atoms with van der Waals surface area (Å²) in [6.45, 7) is 3.39. The molecule has 17 heavy (non-hydrogen) atoms. The van der Waals surface area contributed by atoms with Gasteiger partial charge in [-0.1, -0.05) is 0 Å². The van der Waals surface area contributed by atoms with Gasteiger partial charge in [-0.15, -0.1) is 0 Å². The van der Waals surface area contributed by atoms with Crippen molar-refractivity contribution in [1.82, 2.24) is 10.6 Å². The van der Waals surface area contributed by atoms with Crippen LogP contribution in [0, 0.1) is 0 Å². The molecule has 0 bridgehead atoms. The van der Waals surface area contributed by atoms with Crippen molar-refractivity contribution in [2.75, 3.05) is 31.8 Å². The molecule has 1 atom stereocenters. The number of nitrogens with one attached hydrogen (secondary N) is 2. The molecule has 3 N–H and O–H groups in total. The van der Waals surface area contributed by atoms with E-state index in [1.807, 2.05) is 6.26 Å². The highest BCUT2D eigenvalue weighted by molar-refractivity contribution is 7.98. The van der Waals surface area contributed by atoms with Gasteiger partial charge in [-0.25, -0.2) is 4.79 Å². The van der Waals surface area contributed by atoms with Crippen molar-refractivity contribution in [3.05, 3.63) is 0 Å². The lowest BCUT2D eigenvalue weighted by Gasteiger charge is -2.26. The minimum atomic E-state index is -0.855. The van der Waals surface area contributed by atoms with E-state index in [0.29, 0.717) is 19.0 Å². The maximum absolute atomic E-state index is 11.6. The second kappa shape index (κ2) is 7.08. The average Bonchev–Trinajstić information content (AvgIpc) is 2.28. The average molecular weight is 262 g/mol. The van der Waals surface area contributed by atoms with Crippen LogP contribution >= 0.6 is 11.8 Å².